The van der Waals surface area contributed by atoms with Gasteiger partial charge in [-0.05, 0) is 30.7 Å². The van der Waals surface area contributed by atoms with Gasteiger partial charge in [-0.2, -0.15) is 5.10 Å². The number of benzene rings is 1. The summed E-state index contributed by atoms with van der Waals surface area (Å²) in [6.07, 6.45) is 4.34. The van der Waals surface area contributed by atoms with Gasteiger partial charge in [-0.25, -0.2) is 5.43 Å². The quantitative estimate of drug-likeness (QED) is 0.583. The Bertz CT molecular complexity index is 631. The number of pyridine rings is 1. The standard InChI is InChI=1S/C14H13N3O3/c1-9-6-11(18)7-13(19)12(9)8-16-17-14(20)10-2-4-15-5-3-10/h2-8,18-19H,1H3,(H,17,20)/b16-8-. The molecule has 0 aliphatic carbocycles. The lowest BCUT2D eigenvalue weighted by molar-refractivity contribution is 0.0955. The first-order chi connectivity index (χ1) is 9.58. The highest BCUT2D eigenvalue weighted by atomic mass is 16.3. The summed E-state index contributed by atoms with van der Waals surface area (Å²) >= 11 is 0. The SMILES string of the molecule is Cc1cc(O)cc(O)c1/C=N\NC(=O)c1ccncc1. The lowest BCUT2D eigenvalue weighted by Crippen LogP contribution is -2.17. The molecule has 0 bridgehead atoms. The number of aryl methyl sites for hydroxylation is 1. The molecule has 0 spiro atoms. The third-order valence-corrected chi connectivity index (χ3v) is 2.65. The molecule has 0 radical (unpaired) electrons. The summed E-state index contributed by atoms with van der Waals surface area (Å²) in [7, 11) is 0. The average molecular weight is 271 g/mol. The fourth-order valence-electron chi connectivity index (χ4n) is 1.65. The normalized spacial score (nSPS) is 10.7. The Hall–Kier alpha value is -2.89. The second-order valence-corrected chi connectivity index (χ2v) is 4.13. The first-order valence-electron chi connectivity index (χ1n) is 5.84. The minimum atomic E-state index is -0.375. The van der Waals surface area contributed by atoms with Gasteiger partial charge in [-0.15, -0.1) is 0 Å². The number of amides is 1. The molecule has 0 aliphatic heterocycles. The molecule has 0 saturated carbocycles. The topological polar surface area (TPSA) is 94.8 Å². The molecule has 102 valence electrons. The second-order valence-electron chi connectivity index (χ2n) is 4.13. The van der Waals surface area contributed by atoms with E-state index < -0.39 is 0 Å². The van der Waals surface area contributed by atoms with E-state index in [1.165, 1.54) is 30.7 Å². The van der Waals surface area contributed by atoms with Gasteiger partial charge in [0, 0.05) is 29.6 Å². The van der Waals surface area contributed by atoms with Crippen molar-refractivity contribution in [2.45, 2.75) is 6.92 Å². The Morgan fingerprint density at radius 1 is 1.30 bits per heavy atom. The smallest absolute Gasteiger partial charge is 0.271 e. The van der Waals surface area contributed by atoms with Crippen LogP contribution in [0.25, 0.3) is 0 Å². The average Bonchev–Trinajstić information content (AvgIpc) is 2.42. The molecule has 20 heavy (non-hydrogen) atoms. The summed E-state index contributed by atoms with van der Waals surface area (Å²) in [5.41, 5.74) is 3.85. The highest BCUT2D eigenvalue weighted by molar-refractivity contribution is 5.95. The maximum absolute atomic E-state index is 11.7. The van der Waals surface area contributed by atoms with Gasteiger partial charge >= 0.3 is 0 Å². The molecule has 3 N–H and O–H groups in total. The summed E-state index contributed by atoms with van der Waals surface area (Å²) in [5.74, 6) is -0.512. The first-order valence-corrected chi connectivity index (χ1v) is 5.84. The predicted octanol–water partition coefficient (Wildman–Crippen LogP) is 1.57. The maximum atomic E-state index is 11.7. The first kappa shape index (κ1) is 13.5. The molecular formula is C14H13N3O3. The third-order valence-electron chi connectivity index (χ3n) is 2.65. The van der Waals surface area contributed by atoms with E-state index in [-0.39, 0.29) is 17.4 Å². The highest BCUT2D eigenvalue weighted by Crippen LogP contribution is 2.24. The molecule has 0 saturated heterocycles. The van der Waals surface area contributed by atoms with Crippen molar-refractivity contribution in [3.8, 4) is 11.5 Å². The molecule has 6 nitrogen and oxygen atoms in total. The van der Waals surface area contributed by atoms with Crippen molar-refractivity contribution in [3.63, 3.8) is 0 Å². The van der Waals surface area contributed by atoms with E-state index in [0.717, 1.165) is 0 Å². The number of carbonyl (C=O) groups excluding carboxylic acids is 1. The Labute approximate surface area is 115 Å². The van der Waals surface area contributed by atoms with Gasteiger partial charge in [0.2, 0.25) is 0 Å². The van der Waals surface area contributed by atoms with E-state index in [2.05, 4.69) is 15.5 Å². The van der Waals surface area contributed by atoms with Crippen LogP contribution in [-0.2, 0) is 0 Å². The van der Waals surface area contributed by atoms with Crippen molar-refractivity contribution in [1.29, 1.82) is 0 Å². The van der Waals surface area contributed by atoms with Crippen LogP contribution in [0.15, 0.2) is 41.8 Å². The third kappa shape index (κ3) is 3.11. The van der Waals surface area contributed by atoms with Crippen LogP contribution in [0.3, 0.4) is 0 Å². The summed E-state index contributed by atoms with van der Waals surface area (Å²) in [5, 5.41) is 22.8. The monoisotopic (exact) mass is 271 g/mol. The Kier molecular flexibility index (Phi) is 3.95. The van der Waals surface area contributed by atoms with Gasteiger partial charge in [-0.1, -0.05) is 0 Å². The molecule has 0 atom stereocenters. The molecule has 2 rings (SSSR count). The summed E-state index contributed by atoms with van der Waals surface area (Å²) in [6.45, 7) is 1.71. The number of rotatable bonds is 3. The van der Waals surface area contributed by atoms with Crippen LogP contribution in [0, 0.1) is 6.92 Å². The van der Waals surface area contributed by atoms with Crippen molar-refractivity contribution in [2.75, 3.05) is 0 Å². The highest BCUT2D eigenvalue weighted by Gasteiger charge is 2.06. The Morgan fingerprint density at radius 2 is 2.00 bits per heavy atom. The fourth-order valence-corrected chi connectivity index (χ4v) is 1.65. The van der Waals surface area contributed by atoms with Crippen LogP contribution in [-0.4, -0.2) is 27.3 Å². The van der Waals surface area contributed by atoms with Crippen LogP contribution < -0.4 is 5.43 Å². The molecule has 1 aromatic carbocycles. The number of hydrazone groups is 1. The second kappa shape index (κ2) is 5.83. The van der Waals surface area contributed by atoms with Crippen LogP contribution in [0.1, 0.15) is 21.5 Å². The lowest BCUT2D eigenvalue weighted by Gasteiger charge is -2.04. The molecular weight excluding hydrogens is 258 g/mol. The number of carbonyl (C=O) groups is 1. The number of aromatic nitrogens is 1. The van der Waals surface area contributed by atoms with Gasteiger partial charge in [0.15, 0.2) is 0 Å². The van der Waals surface area contributed by atoms with Crippen LogP contribution in [0.2, 0.25) is 0 Å². The van der Waals surface area contributed by atoms with Crippen molar-refractivity contribution in [3.05, 3.63) is 53.3 Å². The number of hydrogen-bond donors (Lipinski definition) is 3. The van der Waals surface area contributed by atoms with Crippen molar-refractivity contribution < 1.29 is 15.0 Å². The van der Waals surface area contributed by atoms with E-state index in [9.17, 15) is 15.0 Å². The molecule has 1 heterocycles. The predicted molar refractivity (Wildman–Crippen MR) is 73.8 cm³/mol. The number of hydrogen-bond acceptors (Lipinski definition) is 5. The Morgan fingerprint density at radius 3 is 2.65 bits per heavy atom. The van der Waals surface area contributed by atoms with Gasteiger partial charge in [0.1, 0.15) is 11.5 Å². The zero-order chi connectivity index (χ0) is 14.5. The molecule has 1 amide bonds. The largest absolute Gasteiger partial charge is 0.508 e. The Balaban J connectivity index is 2.10. The number of phenols is 2. The van der Waals surface area contributed by atoms with Crippen molar-refractivity contribution in [1.82, 2.24) is 10.4 Å². The molecule has 2 aromatic rings. The summed E-state index contributed by atoms with van der Waals surface area (Å²) in [4.78, 5) is 15.5. The van der Waals surface area contributed by atoms with Gasteiger partial charge < -0.3 is 10.2 Å². The van der Waals surface area contributed by atoms with E-state index in [1.807, 2.05) is 0 Å². The van der Waals surface area contributed by atoms with E-state index in [0.29, 0.717) is 16.7 Å². The number of nitrogens with zero attached hydrogens (tertiary/aromatic N) is 2. The molecule has 0 fully saturated rings. The van der Waals surface area contributed by atoms with E-state index >= 15 is 0 Å². The number of phenolic OH excluding ortho intramolecular Hbond substituents is 2. The van der Waals surface area contributed by atoms with Gasteiger partial charge in [0.25, 0.3) is 5.91 Å². The van der Waals surface area contributed by atoms with Crippen LogP contribution in [0.4, 0.5) is 0 Å². The van der Waals surface area contributed by atoms with Crippen LogP contribution in [0.5, 0.6) is 11.5 Å². The minimum absolute atomic E-state index is 0.0297. The number of aromatic hydroxyl groups is 2. The molecule has 0 aliphatic rings. The van der Waals surface area contributed by atoms with Gasteiger partial charge in [0.05, 0.1) is 6.21 Å². The minimum Gasteiger partial charge on any atom is -0.508 e. The van der Waals surface area contributed by atoms with E-state index in [1.54, 1.807) is 19.1 Å². The summed E-state index contributed by atoms with van der Waals surface area (Å²) < 4.78 is 0. The zero-order valence-electron chi connectivity index (χ0n) is 10.7. The molecule has 6 heteroatoms. The zero-order valence-corrected chi connectivity index (χ0v) is 10.7. The number of nitrogens with one attached hydrogen (secondary N) is 1. The maximum Gasteiger partial charge on any atom is 0.271 e. The molecule has 0 unspecified atom stereocenters. The van der Waals surface area contributed by atoms with Gasteiger partial charge in [-0.3, -0.25) is 9.78 Å². The van der Waals surface area contributed by atoms with E-state index in [4.69, 9.17) is 0 Å². The fraction of sp³-hybridized carbons (Fsp3) is 0.0714. The van der Waals surface area contributed by atoms with Crippen molar-refractivity contribution >= 4 is 12.1 Å². The summed E-state index contributed by atoms with van der Waals surface area (Å²) in [6, 6.07) is 5.83. The van der Waals surface area contributed by atoms with Crippen LogP contribution >= 0.6 is 0 Å². The molecule has 1 aromatic heterocycles. The lowest BCUT2D eigenvalue weighted by atomic mass is 10.1. The van der Waals surface area contributed by atoms with Crippen molar-refractivity contribution in [2.24, 2.45) is 5.10 Å².